The normalized spacial score (nSPS) is 25.2. The highest BCUT2D eigenvalue weighted by Crippen LogP contribution is 2.07. The van der Waals surface area contributed by atoms with Crippen LogP contribution in [0.25, 0.3) is 0 Å². The van der Waals surface area contributed by atoms with Crippen LogP contribution in [-0.2, 0) is 4.79 Å². The summed E-state index contributed by atoms with van der Waals surface area (Å²) in [6.45, 7) is 5.11. The monoisotopic (exact) mass is 184 g/mol. The molecule has 0 bridgehead atoms. The average molecular weight is 184 g/mol. The maximum absolute atomic E-state index is 11.6. The first kappa shape index (κ1) is 10.5. The standard InChI is InChI=1S/C10H20N2O/c1-3-8(2)12-10(13)9-6-4-5-7-11-9/h8-9,11H,3-7H2,1-2H3,(H,12,13). The van der Waals surface area contributed by atoms with Crippen molar-refractivity contribution in [2.45, 2.75) is 51.6 Å². The van der Waals surface area contributed by atoms with E-state index in [-0.39, 0.29) is 11.9 Å². The highest BCUT2D eigenvalue weighted by molar-refractivity contribution is 5.82. The first-order chi connectivity index (χ1) is 6.24. The second-order valence-electron chi connectivity index (χ2n) is 3.82. The number of nitrogens with one attached hydrogen (secondary N) is 2. The molecule has 13 heavy (non-hydrogen) atoms. The molecule has 1 amide bonds. The van der Waals surface area contributed by atoms with Crippen molar-refractivity contribution in [2.75, 3.05) is 6.54 Å². The van der Waals surface area contributed by atoms with E-state index in [4.69, 9.17) is 0 Å². The second-order valence-corrected chi connectivity index (χ2v) is 3.82. The van der Waals surface area contributed by atoms with Gasteiger partial charge in [0.2, 0.25) is 5.91 Å². The van der Waals surface area contributed by atoms with Crippen molar-refractivity contribution in [3.05, 3.63) is 0 Å². The fraction of sp³-hybridized carbons (Fsp3) is 0.900. The number of amides is 1. The Morgan fingerprint density at radius 2 is 2.38 bits per heavy atom. The van der Waals surface area contributed by atoms with E-state index in [1.807, 2.05) is 6.92 Å². The van der Waals surface area contributed by atoms with Gasteiger partial charge in [-0.1, -0.05) is 13.3 Å². The molecule has 1 fully saturated rings. The molecule has 2 unspecified atom stereocenters. The Morgan fingerprint density at radius 3 is 2.92 bits per heavy atom. The lowest BCUT2D eigenvalue weighted by Crippen LogP contribution is -2.48. The third kappa shape index (κ3) is 3.35. The zero-order chi connectivity index (χ0) is 9.68. The van der Waals surface area contributed by atoms with E-state index >= 15 is 0 Å². The lowest BCUT2D eigenvalue weighted by molar-refractivity contribution is -0.124. The Hall–Kier alpha value is -0.570. The number of rotatable bonds is 3. The van der Waals surface area contributed by atoms with E-state index in [0.717, 1.165) is 19.4 Å². The predicted octanol–water partition coefficient (Wildman–Crippen LogP) is 1.04. The van der Waals surface area contributed by atoms with Crippen molar-refractivity contribution in [3.8, 4) is 0 Å². The summed E-state index contributed by atoms with van der Waals surface area (Å²) in [5.74, 6) is 0.175. The molecule has 0 spiro atoms. The van der Waals surface area contributed by atoms with Gasteiger partial charge in [0, 0.05) is 6.04 Å². The van der Waals surface area contributed by atoms with Crippen molar-refractivity contribution >= 4 is 5.91 Å². The largest absolute Gasteiger partial charge is 0.352 e. The molecule has 1 aliphatic rings. The van der Waals surface area contributed by atoms with Gasteiger partial charge < -0.3 is 10.6 Å². The van der Waals surface area contributed by atoms with Gasteiger partial charge in [0.05, 0.1) is 6.04 Å². The molecule has 0 aromatic heterocycles. The third-order valence-corrected chi connectivity index (χ3v) is 2.63. The first-order valence-corrected chi connectivity index (χ1v) is 5.27. The van der Waals surface area contributed by atoms with Crippen LogP contribution in [-0.4, -0.2) is 24.5 Å². The van der Waals surface area contributed by atoms with Crippen LogP contribution in [0.15, 0.2) is 0 Å². The Kier molecular flexibility index (Phi) is 4.22. The van der Waals surface area contributed by atoms with Crippen molar-refractivity contribution in [2.24, 2.45) is 0 Å². The third-order valence-electron chi connectivity index (χ3n) is 2.63. The number of carbonyl (C=O) groups is 1. The molecule has 0 aromatic carbocycles. The zero-order valence-corrected chi connectivity index (χ0v) is 8.60. The Balaban J connectivity index is 2.29. The molecule has 2 N–H and O–H groups in total. The summed E-state index contributed by atoms with van der Waals surface area (Å²) in [6.07, 6.45) is 4.36. The SMILES string of the molecule is CCC(C)NC(=O)C1CCCCN1. The van der Waals surface area contributed by atoms with Crippen molar-refractivity contribution in [1.82, 2.24) is 10.6 Å². The maximum atomic E-state index is 11.6. The number of hydrogen-bond acceptors (Lipinski definition) is 2. The average Bonchev–Trinajstić information content (AvgIpc) is 2.19. The van der Waals surface area contributed by atoms with Gasteiger partial charge in [0.15, 0.2) is 0 Å². The fourth-order valence-electron chi connectivity index (χ4n) is 1.52. The van der Waals surface area contributed by atoms with Crippen molar-refractivity contribution in [1.29, 1.82) is 0 Å². The van der Waals surface area contributed by atoms with Crippen LogP contribution in [0.3, 0.4) is 0 Å². The smallest absolute Gasteiger partial charge is 0.237 e. The minimum Gasteiger partial charge on any atom is -0.352 e. The molecule has 3 heteroatoms. The summed E-state index contributed by atoms with van der Waals surface area (Å²) in [4.78, 5) is 11.6. The summed E-state index contributed by atoms with van der Waals surface area (Å²) < 4.78 is 0. The van der Waals surface area contributed by atoms with E-state index in [9.17, 15) is 4.79 Å². The quantitative estimate of drug-likeness (QED) is 0.688. The molecular formula is C10H20N2O. The topological polar surface area (TPSA) is 41.1 Å². The summed E-state index contributed by atoms with van der Waals surface area (Å²) in [5.41, 5.74) is 0. The minimum absolute atomic E-state index is 0.0581. The van der Waals surface area contributed by atoms with Crippen LogP contribution in [0.5, 0.6) is 0 Å². The minimum atomic E-state index is 0.0581. The van der Waals surface area contributed by atoms with Crippen LogP contribution in [0.1, 0.15) is 39.5 Å². The Morgan fingerprint density at radius 1 is 1.62 bits per heavy atom. The summed E-state index contributed by atoms with van der Waals surface area (Å²) >= 11 is 0. The highest BCUT2D eigenvalue weighted by Gasteiger charge is 2.20. The molecule has 1 saturated heterocycles. The molecule has 0 aromatic rings. The highest BCUT2D eigenvalue weighted by atomic mass is 16.2. The first-order valence-electron chi connectivity index (χ1n) is 5.27. The van der Waals surface area contributed by atoms with Gasteiger partial charge in [0.25, 0.3) is 0 Å². The van der Waals surface area contributed by atoms with Gasteiger partial charge in [-0.05, 0) is 32.7 Å². The van der Waals surface area contributed by atoms with Crippen LogP contribution >= 0.6 is 0 Å². The second kappa shape index (κ2) is 5.22. The summed E-state index contributed by atoms with van der Waals surface area (Å²) in [7, 11) is 0. The van der Waals surface area contributed by atoms with Gasteiger partial charge >= 0.3 is 0 Å². The molecule has 0 saturated carbocycles. The van der Waals surface area contributed by atoms with E-state index in [1.165, 1.54) is 12.8 Å². The zero-order valence-electron chi connectivity index (χ0n) is 8.60. The van der Waals surface area contributed by atoms with E-state index < -0.39 is 0 Å². The van der Waals surface area contributed by atoms with E-state index in [1.54, 1.807) is 0 Å². The lowest BCUT2D eigenvalue weighted by atomic mass is 10.0. The lowest BCUT2D eigenvalue weighted by Gasteiger charge is -2.24. The fourth-order valence-corrected chi connectivity index (χ4v) is 1.52. The summed E-state index contributed by atoms with van der Waals surface area (Å²) in [5, 5.41) is 6.23. The van der Waals surface area contributed by atoms with E-state index in [0.29, 0.717) is 6.04 Å². The molecule has 0 radical (unpaired) electrons. The molecule has 76 valence electrons. The molecule has 1 aliphatic heterocycles. The van der Waals surface area contributed by atoms with Crippen molar-refractivity contribution in [3.63, 3.8) is 0 Å². The Labute approximate surface area is 80.3 Å². The van der Waals surface area contributed by atoms with Crippen LogP contribution < -0.4 is 10.6 Å². The van der Waals surface area contributed by atoms with Gasteiger partial charge in [-0.3, -0.25) is 4.79 Å². The molecule has 0 aliphatic carbocycles. The van der Waals surface area contributed by atoms with Crippen LogP contribution in [0.2, 0.25) is 0 Å². The maximum Gasteiger partial charge on any atom is 0.237 e. The van der Waals surface area contributed by atoms with Crippen molar-refractivity contribution < 1.29 is 4.79 Å². The van der Waals surface area contributed by atoms with Crippen LogP contribution in [0, 0.1) is 0 Å². The van der Waals surface area contributed by atoms with Gasteiger partial charge in [-0.15, -0.1) is 0 Å². The number of piperidine rings is 1. The molecule has 1 heterocycles. The molecular weight excluding hydrogens is 164 g/mol. The van der Waals surface area contributed by atoms with Crippen LogP contribution in [0.4, 0.5) is 0 Å². The summed E-state index contributed by atoms with van der Waals surface area (Å²) in [6, 6.07) is 0.360. The van der Waals surface area contributed by atoms with E-state index in [2.05, 4.69) is 17.6 Å². The van der Waals surface area contributed by atoms with Gasteiger partial charge in [-0.25, -0.2) is 0 Å². The van der Waals surface area contributed by atoms with Gasteiger partial charge in [-0.2, -0.15) is 0 Å². The number of carbonyl (C=O) groups excluding carboxylic acids is 1. The molecule has 2 atom stereocenters. The molecule has 3 nitrogen and oxygen atoms in total. The predicted molar refractivity (Wildman–Crippen MR) is 53.5 cm³/mol. The Bertz CT molecular complexity index is 164. The van der Waals surface area contributed by atoms with Gasteiger partial charge in [0.1, 0.15) is 0 Å². The number of hydrogen-bond donors (Lipinski definition) is 2. The molecule has 1 rings (SSSR count).